The molecule has 6 heteroatoms. The minimum absolute atomic E-state index is 0.105. The van der Waals surface area contributed by atoms with Gasteiger partial charge >= 0.3 is 0 Å². The van der Waals surface area contributed by atoms with E-state index in [-0.39, 0.29) is 11.9 Å². The van der Waals surface area contributed by atoms with Crippen molar-refractivity contribution < 1.29 is 9.13 Å². The van der Waals surface area contributed by atoms with Gasteiger partial charge in [-0.2, -0.15) is 0 Å². The summed E-state index contributed by atoms with van der Waals surface area (Å²) in [6.07, 6.45) is 1.80. The molecule has 0 aliphatic carbocycles. The lowest BCUT2D eigenvalue weighted by molar-refractivity contribution is 0.0179. The van der Waals surface area contributed by atoms with E-state index in [2.05, 4.69) is 22.1 Å². The number of benzene rings is 1. The summed E-state index contributed by atoms with van der Waals surface area (Å²) in [6, 6.07) is 6.81. The van der Waals surface area contributed by atoms with Crippen molar-refractivity contribution in [3.63, 3.8) is 0 Å². The van der Waals surface area contributed by atoms with Crippen LogP contribution in [0.3, 0.4) is 0 Å². The second kappa shape index (κ2) is 10.1. The van der Waals surface area contributed by atoms with Gasteiger partial charge in [0.05, 0.1) is 25.8 Å². The van der Waals surface area contributed by atoms with Crippen molar-refractivity contribution in [2.75, 3.05) is 45.9 Å². The highest BCUT2D eigenvalue weighted by atomic mass is 19.1. The summed E-state index contributed by atoms with van der Waals surface area (Å²) >= 11 is 0. The topological polar surface area (TPSA) is 48.9 Å². The highest BCUT2D eigenvalue weighted by Gasteiger charge is 2.22. The van der Waals surface area contributed by atoms with Gasteiger partial charge in [-0.15, -0.1) is 6.58 Å². The van der Waals surface area contributed by atoms with Crippen molar-refractivity contribution in [2.24, 2.45) is 4.99 Å². The summed E-state index contributed by atoms with van der Waals surface area (Å²) in [5.41, 5.74) is 1.07. The van der Waals surface area contributed by atoms with E-state index < -0.39 is 0 Å². The Morgan fingerprint density at radius 2 is 2.04 bits per heavy atom. The molecular weight excluding hydrogens is 307 g/mol. The lowest BCUT2D eigenvalue weighted by Crippen LogP contribution is -2.41. The molecule has 1 saturated heterocycles. The van der Waals surface area contributed by atoms with Gasteiger partial charge in [0.1, 0.15) is 5.82 Å². The quantitative estimate of drug-likeness (QED) is 0.455. The largest absolute Gasteiger partial charge is 0.379 e. The summed E-state index contributed by atoms with van der Waals surface area (Å²) in [7, 11) is 0. The predicted molar refractivity (Wildman–Crippen MR) is 95.7 cm³/mol. The van der Waals surface area contributed by atoms with Crippen LogP contribution in [0.1, 0.15) is 18.5 Å². The van der Waals surface area contributed by atoms with Crippen LogP contribution in [0.4, 0.5) is 4.39 Å². The van der Waals surface area contributed by atoms with Gasteiger partial charge in [-0.1, -0.05) is 18.2 Å². The molecule has 1 aliphatic heterocycles. The molecule has 132 valence electrons. The number of nitrogens with zero attached hydrogens (tertiary/aromatic N) is 2. The molecule has 0 spiro atoms. The fraction of sp³-hybridized carbons (Fsp3) is 0.500. The molecule has 1 aliphatic rings. The van der Waals surface area contributed by atoms with Gasteiger partial charge in [0.25, 0.3) is 0 Å². The molecule has 0 bridgehead atoms. The van der Waals surface area contributed by atoms with Gasteiger partial charge in [-0.05, 0) is 24.6 Å². The summed E-state index contributed by atoms with van der Waals surface area (Å²) in [4.78, 5) is 7.04. The Balaban J connectivity index is 2.14. The molecule has 1 unspecified atom stereocenters. The molecule has 1 atom stereocenters. The van der Waals surface area contributed by atoms with Crippen LogP contribution in [-0.2, 0) is 4.74 Å². The second-order valence-corrected chi connectivity index (χ2v) is 5.60. The standard InChI is InChI=1S/C18H27FN4O/c1-3-9-21-18(20-4-2)22-14-17(23-10-12-24-13-11-23)15-5-7-16(19)8-6-15/h3,5-8,17H,1,4,9-14H2,2H3,(H2,20,21,22). The number of hydrogen-bond acceptors (Lipinski definition) is 3. The Hall–Kier alpha value is -1.92. The Morgan fingerprint density at radius 3 is 2.67 bits per heavy atom. The van der Waals surface area contributed by atoms with E-state index >= 15 is 0 Å². The summed E-state index contributed by atoms with van der Waals surface area (Å²) in [6.45, 7) is 10.9. The van der Waals surface area contributed by atoms with Crippen LogP contribution in [0.5, 0.6) is 0 Å². The van der Waals surface area contributed by atoms with E-state index in [1.807, 2.05) is 19.1 Å². The Labute approximate surface area is 143 Å². The molecule has 0 aromatic heterocycles. The van der Waals surface area contributed by atoms with E-state index in [4.69, 9.17) is 9.73 Å². The minimum atomic E-state index is -0.219. The third-order valence-electron chi connectivity index (χ3n) is 3.92. The second-order valence-electron chi connectivity index (χ2n) is 5.60. The Morgan fingerprint density at radius 1 is 1.33 bits per heavy atom. The molecule has 1 aromatic carbocycles. The normalized spacial score (nSPS) is 17.3. The molecule has 1 aromatic rings. The fourth-order valence-corrected chi connectivity index (χ4v) is 2.69. The molecule has 1 heterocycles. The number of aliphatic imine (C=N–C) groups is 1. The molecule has 24 heavy (non-hydrogen) atoms. The first-order valence-electron chi connectivity index (χ1n) is 8.45. The zero-order valence-electron chi connectivity index (χ0n) is 14.3. The van der Waals surface area contributed by atoms with Crippen LogP contribution in [-0.4, -0.2) is 56.8 Å². The summed E-state index contributed by atoms with van der Waals surface area (Å²) in [5.74, 6) is 0.543. The lowest BCUT2D eigenvalue weighted by Gasteiger charge is -2.34. The van der Waals surface area contributed by atoms with E-state index in [9.17, 15) is 4.39 Å². The number of rotatable bonds is 7. The van der Waals surface area contributed by atoms with Crippen molar-refractivity contribution in [3.05, 3.63) is 48.3 Å². The maximum Gasteiger partial charge on any atom is 0.191 e. The molecule has 5 nitrogen and oxygen atoms in total. The maximum absolute atomic E-state index is 13.3. The number of nitrogens with one attached hydrogen (secondary N) is 2. The lowest BCUT2D eigenvalue weighted by atomic mass is 10.0. The van der Waals surface area contributed by atoms with Gasteiger partial charge < -0.3 is 15.4 Å². The molecule has 1 fully saturated rings. The molecule has 0 radical (unpaired) electrons. The molecule has 0 amide bonds. The van der Waals surface area contributed by atoms with Crippen LogP contribution in [0.25, 0.3) is 0 Å². The first-order chi connectivity index (χ1) is 11.7. The van der Waals surface area contributed by atoms with Crippen molar-refractivity contribution in [3.8, 4) is 0 Å². The fourth-order valence-electron chi connectivity index (χ4n) is 2.69. The molecule has 0 saturated carbocycles. The van der Waals surface area contributed by atoms with Crippen molar-refractivity contribution in [1.82, 2.24) is 15.5 Å². The number of ether oxygens (including phenoxy) is 1. The van der Waals surface area contributed by atoms with E-state index in [1.54, 1.807) is 6.08 Å². The Kier molecular flexibility index (Phi) is 7.71. The SMILES string of the molecule is C=CCNC(=NCC(c1ccc(F)cc1)N1CCOCC1)NCC. The van der Waals surface area contributed by atoms with E-state index in [1.165, 1.54) is 12.1 Å². The van der Waals surface area contributed by atoms with Crippen LogP contribution in [0.2, 0.25) is 0 Å². The van der Waals surface area contributed by atoms with Gasteiger partial charge in [0, 0.05) is 26.2 Å². The van der Waals surface area contributed by atoms with E-state index in [0.29, 0.717) is 13.1 Å². The number of morpholine rings is 1. The highest BCUT2D eigenvalue weighted by Crippen LogP contribution is 2.22. The van der Waals surface area contributed by atoms with Crippen LogP contribution < -0.4 is 10.6 Å². The molecule has 2 N–H and O–H groups in total. The van der Waals surface area contributed by atoms with Gasteiger partial charge in [0.2, 0.25) is 0 Å². The summed E-state index contributed by atoms with van der Waals surface area (Å²) in [5, 5.41) is 6.43. The van der Waals surface area contributed by atoms with Gasteiger partial charge in [0.15, 0.2) is 5.96 Å². The first-order valence-corrected chi connectivity index (χ1v) is 8.45. The average molecular weight is 334 g/mol. The zero-order valence-corrected chi connectivity index (χ0v) is 14.3. The monoisotopic (exact) mass is 334 g/mol. The smallest absolute Gasteiger partial charge is 0.191 e. The number of hydrogen-bond donors (Lipinski definition) is 2. The number of guanidine groups is 1. The van der Waals surface area contributed by atoms with Crippen LogP contribution >= 0.6 is 0 Å². The van der Waals surface area contributed by atoms with Crippen molar-refractivity contribution in [1.29, 1.82) is 0 Å². The predicted octanol–water partition coefficient (Wildman–Crippen LogP) is 1.94. The zero-order chi connectivity index (χ0) is 17.2. The van der Waals surface area contributed by atoms with Gasteiger partial charge in [-0.25, -0.2) is 4.39 Å². The van der Waals surface area contributed by atoms with Crippen LogP contribution in [0, 0.1) is 5.82 Å². The van der Waals surface area contributed by atoms with Crippen LogP contribution in [0.15, 0.2) is 41.9 Å². The third kappa shape index (κ3) is 5.62. The maximum atomic E-state index is 13.3. The Bertz CT molecular complexity index is 526. The van der Waals surface area contributed by atoms with Crippen molar-refractivity contribution in [2.45, 2.75) is 13.0 Å². The van der Waals surface area contributed by atoms with Crippen molar-refractivity contribution >= 4 is 5.96 Å². The van der Waals surface area contributed by atoms with Gasteiger partial charge in [-0.3, -0.25) is 9.89 Å². The highest BCUT2D eigenvalue weighted by molar-refractivity contribution is 5.79. The molecule has 2 rings (SSSR count). The minimum Gasteiger partial charge on any atom is -0.379 e. The van der Waals surface area contributed by atoms with E-state index in [0.717, 1.165) is 44.4 Å². The number of halogens is 1. The summed E-state index contributed by atoms with van der Waals surface area (Å²) < 4.78 is 18.7. The molecular formula is C18H27FN4O. The third-order valence-corrected chi connectivity index (χ3v) is 3.92. The first kappa shape index (κ1) is 18.4. The average Bonchev–Trinajstić information content (AvgIpc) is 2.62.